The van der Waals surface area contributed by atoms with Crippen LogP contribution in [-0.4, -0.2) is 17.2 Å². The van der Waals surface area contributed by atoms with Crippen molar-refractivity contribution in [2.45, 2.75) is 0 Å². The molecule has 2 N–H and O–H groups in total. The van der Waals surface area contributed by atoms with Gasteiger partial charge in [-0.2, -0.15) is 0 Å². The molecule has 0 aliphatic rings. The zero-order valence-electron chi connectivity index (χ0n) is 6.87. The molecule has 0 radical (unpaired) electrons. The van der Waals surface area contributed by atoms with E-state index in [1.54, 1.807) is 6.07 Å². The lowest BCUT2D eigenvalue weighted by Gasteiger charge is -2.03. The molecule has 0 aliphatic heterocycles. The summed E-state index contributed by atoms with van der Waals surface area (Å²) in [5, 5.41) is 19.9. The van der Waals surface area contributed by atoms with Crippen LogP contribution in [0.1, 0.15) is 0 Å². The summed E-state index contributed by atoms with van der Waals surface area (Å²) in [6, 6.07) is 3.04. The average molecular weight is 275 g/mol. The summed E-state index contributed by atoms with van der Waals surface area (Å²) in [7, 11) is -1.54. The van der Waals surface area contributed by atoms with Gasteiger partial charge in [0.1, 0.15) is 5.82 Å². The van der Waals surface area contributed by atoms with Crippen molar-refractivity contribution in [3.8, 4) is 0 Å². The summed E-state index contributed by atoms with van der Waals surface area (Å²) in [5.74, 6) is -0.287. The number of halogens is 2. The van der Waals surface area contributed by atoms with Crippen molar-refractivity contribution in [3.05, 3.63) is 27.8 Å². The number of hydrogen-bond acceptors (Lipinski definition) is 3. The van der Waals surface area contributed by atoms with E-state index < -0.39 is 7.12 Å². The van der Waals surface area contributed by atoms with Crippen LogP contribution in [0, 0.1) is 5.82 Å². The van der Waals surface area contributed by atoms with Crippen LogP contribution in [0.2, 0.25) is 0 Å². The van der Waals surface area contributed by atoms with E-state index in [0.29, 0.717) is 20.0 Å². The molecule has 2 aromatic rings. The molecule has 1 heterocycles. The molecule has 0 atom stereocenters. The Balaban J connectivity index is 2.76. The molecule has 0 fully saturated rings. The van der Waals surface area contributed by atoms with Crippen LogP contribution in [0.5, 0.6) is 0 Å². The Kier molecular flexibility index (Phi) is 2.61. The Labute approximate surface area is 92.3 Å². The third-order valence-electron chi connectivity index (χ3n) is 1.94. The van der Waals surface area contributed by atoms with Gasteiger partial charge in [0.25, 0.3) is 0 Å². The van der Waals surface area contributed by atoms with E-state index in [1.165, 1.54) is 22.8 Å². The average Bonchev–Trinajstić information content (AvgIpc) is 2.49. The molecule has 0 bridgehead atoms. The Bertz CT molecular complexity index is 485. The third-order valence-corrected chi connectivity index (χ3v) is 4.04. The zero-order valence-corrected chi connectivity index (χ0v) is 9.27. The van der Waals surface area contributed by atoms with Crippen molar-refractivity contribution in [1.29, 1.82) is 0 Å². The largest absolute Gasteiger partial charge is 0.489 e. The van der Waals surface area contributed by atoms with Gasteiger partial charge in [-0.15, -0.1) is 11.3 Å². The first kappa shape index (κ1) is 10.1. The summed E-state index contributed by atoms with van der Waals surface area (Å²) >= 11 is 4.45. The van der Waals surface area contributed by atoms with Crippen LogP contribution in [0.3, 0.4) is 0 Å². The summed E-state index contributed by atoms with van der Waals surface area (Å²) in [4.78, 5) is 0. The van der Waals surface area contributed by atoms with E-state index in [0.717, 1.165) is 0 Å². The molecular formula is C8H5BBrFO2S. The van der Waals surface area contributed by atoms with Crippen LogP contribution in [0.15, 0.2) is 22.0 Å². The minimum atomic E-state index is -1.54. The van der Waals surface area contributed by atoms with Gasteiger partial charge in [-0.3, -0.25) is 0 Å². The predicted molar refractivity (Wildman–Crippen MR) is 59.3 cm³/mol. The molecule has 1 aromatic heterocycles. The molecule has 72 valence electrons. The van der Waals surface area contributed by atoms with Gasteiger partial charge in [0, 0.05) is 15.2 Å². The highest BCUT2D eigenvalue weighted by molar-refractivity contribution is 9.10. The van der Waals surface area contributed by atoms with Gasteiger partial charge >= 0.3 is 7.12 Å². The molecule has 2 rings (SSSR count). The maximum absolute atomic E-state index is 13.1. The lowest BCUT2D eigenvalue weighted by atomic mass is 9.80. The molecule has 0 spiro atoms. The fourth-order valence-electron chi connectivity index (χ4n) is 1.25. The lowest BCUT2D eigenvalue weighted by molar-refractivity contribution is 0.425. The van der Waals surface area contributed by atoms with Gasteiger partial charge in [-0.05, 0) is 21.4 Å². The molecule has 14 heavy (non-hydrogen) atoms. The van der Waals surface area contributed by atoms with Crippen LogP contribution in [-0.2, 0) is 0 Å². The monoisotopic (exact) mass is 274 g/mol. The number of fused-ring (bicyclic) bond motifs is 1. The first-order chi connectivity index (χ1) is 6.61. The second-order valence-electron chi connectivity index (χ2n) is 2.80. The highest BCUT2D eigenvalue weighted by Gasteiger charge is 2.18. The molecule has 0 unspecified atom stereocenters. The van der Waals surface area contributed by atoms with Gasteiger partial charge in [0.05, 0.1) is 4.70 Å². The molecule has 0 aliphatic carbocycles. The summed E-state index contributed by atoms with van der Waals surface area (Å²) in [6.45, 7) is 0. The first-order valence-electron chi connectivity index (χ1n) is 3.82. The Morgan fingerprint density at radius 2 is 2.07 bits per heavy atom. The van der Waals surface area contributed by atoms with Crippen molar-refractivity contribution in [3.63, 3.8) is 0 Å². The lowest BCUT2D eigenvalue weighted by Crippen LogP contribution is -2.30. The Morgan fingerprint density at radius 3 is 2.71 bits per heavy atom. The summed E-state index contributed by atoms with van der Waals surface area (Å²) < 4.78 is 14.4. The van der Waals surface area contributed by atoms with Crippen molar-refractivity contribution >= 4 is 49.9 Å². The van der Waals surface area contributed by atoms with Gasteiger partial charge in [-0.25, -0.2) is 4.39 Å². The minimum Gasteiger partial charge on any atom is -0.423 e. The quantitative estimate of drug-likeness (QED) is 0.774. The van der Waals surface area contributed by atoms with Gasteiger partial charge in [0.15, 0.2) is 0 Å². The van der Waals surface area contributed by atoms with E-state index in [2.05, 4.69) is 15.9 Å². The predicted octanol–water partition coefficient (Wildman–Crippen LogP) is 1.48. The van der Waals surface area contributed by atoms with Crippen molar-refractivity contribution in [1.82, 2.24) is 0 Å². The zero-order chi connectivity index (χ0) is 10.3. The van der Waals surface area contributed by atoms with E-state index in [1.807, 2.05) is 0 Å². The number of thiophene rings is 1. The SMILES string of the molecule is OB(O)c1ccc2c(F)csc2c1Br. The Morgan fingerprint density at radius 1 is 1.36 bits per heavy atom. The van der Waals surface area contributed by atoms with Crippen LogP contribution in [0.4, 0.5) is 4.39 Å². The number of rotatable bonds is 1. The second-order valence-corrected chi connectivity index (χ2v) is 4.48. The second kappa shape index (κ2) is 3.62. The molecule has 6 heteroatoms. The van der Waals surface area contributed by atoms with Gasteiger partial charge in [-0.1, -0.05) is 12.1 Å². The highest BCUT2D eigenvalue weighted by atomic mass is 79.9. The maximum atomic E-state index is 13.1. The van der Waals surface area contributed by atoms with E-state index in [-0.39, 0.29) is 5.82 Å². The van der Waals surface area contributed by atoms with Crippen LogP contribution < -0.4 is 5.46 Å². The third kappa shape index (κ3) is 1.48. The normalized spacial score (nSPS) is 10.9. The van der Waals surface area contributed by atoms with E-state index in [4.69, 9.17) is 10.0 Å². The summed E-state index contributed by atoms with van der Waals surface area (Å²) in [6.07, 6.45) is 0. The number of hydrogen-bond donors (Lipinski definition) is 2. The van der Waals surface area contributed by atoms with Gasteiger partial charge < -0.3 is 10.0 Å². The molecule has 1 aromatic carbocycles. The minimum absolute atomic E-state index is 0.287. The van der Waals surface area contributed by atoms with E-state index in [9.17, 15) is 4.39 Å². The van der Waals surface area contributed by atoms with E-state index >= 15 is 0 Å². The molecule has 0 saturated heterocycles. The standard InChI is InChI=1S/C8H5BBrFO2S/c10-7-5(9(12)13)2-1-4-6(11)3-14-8(4)7/h1-3,12-13H. The van der Waals surface area contributed by atoms with Crippen LogP contribution in [0.25, 0.3) is 10.1 Å². The molecule has 2 nitrogen and oxygen atoms in total. The van der Waals surface area contributed by atoms with Gasteiger partial charge in [0.2, 0.25) is 0 Å². The van der Waals surface area contributed by atoms with Crippen molar-refractivity contribution in [2.75, 3.05) is 0 Å². The molecule has 0 saturated carbocycles. The summed E-state index contributed by atoms with van der Waals surface area (Å²) in [5.41, 5.74) is 0.347. The van der Waals surface area contributed by atoms with Crippen molar-refractivity contribution in [2.24, 2.45) is 0 Å². The van der Waals surface area contributed by atoms with Crippen LogP contribution >= 0.6 is 27.3 Å². The smallest absolute Gasteiger partial charge is 0.423 e. The maximum Gasteiger partial charge on any atom is 0.489 e. The number of benzene rings is 1. The van der Waals surface area contributed by atoms with Crippen molar-refractivity contribution < 1.29 is 14.4 Å². The Hall–Kier alpha value is -0.425. The fourth-order valence-corrected chi connectivity index (χ4v) is 2.94. The fraction of sp³-hybridized carbons (Fsp3) is 0. The topological polar surface area (TPSA) is 40.5 Å². The highest BCUT2D eigenvalue weighted by Crippen LogP contribution is 2.30. The molecule has 0 amide bonds. The molecular weight excluding hydrogens is 270 g/mol. The first-order valence-corrected chi connectivity index (χ1v) is 5.49.